The van der Waals surface area contributed by atoms with Crippen molar-refractivity contribution in [2.45, 2.75) is 0 Å². The summed E-state index contributed by atoms with van der Waals surface area (Å²) in [6.45, 7) is 0. The average Bonchev–Trinajstić information content (AvgIpc) is 2.82. The quantitative estimate of drug-likeness (QED) is 0.547. The third-order valence-electron chi connectivity index (χ3n) is 2.83. The van der Waals surface area contributed by atoms with Crippen LogP contribution >= 0.6 is 39.1 Å². The van der Waals surface area contributed by atoms with Gasteiger partial charge in [-0.1, -0.05) is 39.7 Å². The summed E-state index contributed by atoms with van der Waals surface area (Å²) in [5.74, 6) is 0.633. The van der Waals surface area contributed by atoms with E-state index in [2.05, 4.69) is 20.9 Å². The van der Waals surface area contributed by atoms with Gasteiger partial charge < -0.3 is 4.42 Å². The topological polar surface area (TPSA) is 26.0 Å². The van der Waals surface area contributed by atoms with Crippen LogP contribution in [-0.2, 0) is 0 Å². The van der Waals surface area contributed by atoms with Gasteiger partial charge in [-0.25, -0.2) is 0 Å². The smallest absolute Gasteiger partial charge is 0.293 e. The lowest BCUT2D eigenvalue weighted by molar-refractivity contribution is 0.574. The Labute approximate surface area is 134 Å². The van der Waals surface area contributed by atoms with Gasteiger partial charge in [-0.2, -0.15) is 4.98 Å². The summed E-state index contributed by atoms with van der Waals surface area (Å²) >= 11 is 15.2. The van der Waals surface area contributed by atoms with Crippen molar-refractivity contribution >= 4 is 39.1 Å². The molecular formula is C15H8BrCl2NO. The molecule has 5 heteroatoms. The fraction of sp³-hybridized carbons (Fsp3) is 0. The molecule has 0 spiro atoms. The van der Waals surface area contributed by atoms with E-state index in [1.165, 1.54) is 0 Å². The maximum Gasteiger partial charge on any atom is 0.293 e. The lowest BCUT2D eigenvalue weighted by atomic mass is 10.1. The van der Waals surface area contributed by atoms with Crippen LogP contribution in [0.3, 0.4) is 0 Å². The minimum Gasteiger partial charge on any atom is -0.427 e. The summed E-state index contributed by atoms with van der Waals surface area (Å²) in [7, 11) is 0. The highest BCUT2D eigenvalue weighted by atomic mass is 79.9. The molecule has 0 atom stereocenters. The molecule has 0 amide bonds. The lowest BCUT2D eigenvalue weighted by Gasteiger charge is -2.02. The number of benzene rings is 2. The van der Waals surface area contributed by atoms with E-state index in [-0.39, 0.29) is 5.35 Å². The van der Waals surface area contributed by atoms with E-state index in [9.17, 15) is 0 Å². The van der Waals surface area contributed by atoms with Crippen LogP contribution in [0.2, 0.25) is 10.4 Å². The minimum atomic E-state index is 0.118. The zero-order chi connectivity index (χ0) is 14.1. The van der Waals surface area contributed by atoms with Crippen molar-refractivity contribution in [2.75, 3.05) is 0 Å². The number of aromatic nitrogens is 1. The molecule has 1 heterocycles. The van der Waals surface area contributed by atoms with E-state index in [0.29, 0.717) is 16.5 Å². The number of nitrogens with zero attached hydrogens (tertiary/aromatic N) is 1. The molecule has 1 aromatic heterocycles. The Kier molecular flexibility index (Phi) is 3.83. The van der Waals surface area contributed by atoms with Gasteiger partial charge >= 0.3 is 0 Å². The van der Waals surface area contributed by atoms with E-state index >= 15 is 0 Å². The van der Waals surface area contributed by atoms with Gasteiger partial charge in [-0.15, -0.1) is 0 Å². The normalized spacial score (nSPS) is 10.8. The molecule has 2 aromatic carbocycles. The van der Waals surface area contributed by atoms with Gasteiger partial charge in [-0.3, -0.25) is 0 Å². The molecule has 0 aliphatic carbocycles. The SMILES string of the molecule is Clc1ccc(-c2oc(Cl)nc2-c2ccc(Br)cc2)cc1. The van der Waals surface area contributed by atoms with Gasteiger partial charge in [0.05, 0.1) is 0 Å². The summed E-state index contributed by atoms with van der Waals surface area (Å²) in [5.41, 5.74) is 2.53. The van der Waals surface area contributed by atoms with Crippen LogP contribution in [0.5, 0.6) is 0 Å². The maximum absolute atomic E-state index is 5.91. The molecule has 0 N–H and O–H groups in total. The second kappa shape index (κ2) is 5.60. The van der Waals surface area contributed by atoms with Gasteiger partial charge in [0.25, 0.3) is 5.35 Å². The van der Waals surface area contributed by atoms with Crippen LogP contribution in [0.25, 0.3) is 22.6 Å². The van der Waals surface area contributed by atoms with E-state index < -0.39 is 0 Å². The van der Waals surface area contributed by atoms with Crippen molar-refractivity contribution in [3.63, 3.8) is 0 Å². The van der Waals surface area contributed by atoms with Crippen molar-refractivity contribution in [1.29, 1.82) is 0 Å². The molecule has 100 valence electrons. The first kappa shape index (κ1) is 13.7. The van der Waals surface area contributed by atoms with Gasteiger partial charge in [0.1, 0.15) is 5.69 Å². The first-order valence-corrected chi connectivity index (χ1v) is 7.36. The maximum atomic E-state index is 5.91. The summed E-state index contributed by atoms with van der Waals surface area (Å²) in [6.07, 6.45) is 0. The van der Waals surface area contributed by atoms with E-state index in [1.807, 2.05) is 36.4 Å². The Morgan fingerprint density at radius 1 is 0.850 bits per heavy atom. The fourth-order valence-electron chi connectivity index (χ4n) is 1.89. The van der Waals surface area contributed by atoms with Crippen molar-refractivity contribution in [3.8, 4) is 22.6 Å². The van der Waals surface area contributed by atoms with Gasteiger partial charge in [0.15, 0.2) is 5.76 Å². The van der Waals surface area contributed by atoms with E-state index in [4.69, 9.17) is 27.6 Å². The number of hydrogen-bond acceptors (Lipinski definition) is 2. The fourth-order valence-corrected chi connectivity index (χ4v) is 2.45. The highest BCUT2D eigenvalue weighted by Crippen LogP contribution is 2.35. The average molecular weight is 369 g/mol. The molecular weight excluding hydrogens is 361 g/mol. The predicted octanol–water partition coefficient (Wildman–Crippen LogP) is 6.08. The van der Waals surface area contributed by atoms with Gasteiger partial charge in [0.2, 0.25) is 0 Å². The molecule has 3 aromatic rings. The standard InChI is InChI=1S/C15H8BrCl2NO/c16-11-5-1-9(2-6-11)13-14(20-15(18)19-13)10-3-7-12(17)8-4-10/h1-8H. The second-order valence-electron chi connectivity index (χ2n) is 4.16. The highest BCUT2D eigenvalue weighted by molar-refractivity contribution is 9.10. The molecule has 0 aliphatic rings. The molecule has 2 nitrogen and oxygen atoms in total. The van der Waals surface area contributed by atoms with Crippen LogP contribution in [-0.4, -0.2) is 4.98 Å². The van der Waals surface area contributed by atoms with Crippen molar-refractivity contribution in [2.24, 2.45) is 0 Å². The van der Waals surface area contributed by atoms with Crippen LogP contribution < -0.4 is 0 Å². The summed E-state index contributed by atoms with van der Waals surface area (Å²) in [6, 6.07) is 15.2. The molecule has 0 saturated carbocycles. The Bertz CT molecular complexity index is 673. The van der Waals surface area contributed by atoms with Gasteiger partial charge in [0, 0.05) is 20.6 Å². The Hall–Kier alpha value is -1.29. The number of rotatable bonds is 2. The molecule has 3 rings (SSSR count). The molecule has 0 saturated heterocycles. The molecule has 0 aliphatic heterocycles. The van der Waals surface area contributed by atoms with E-state index in [1.54, 1.807) is 12.1 Å². The monoisotopic (exact) mass is 367 g/mol. The minimum absolute atomic E-state index is 0.118. The Morgan fingerprint density at radius 2 is 1.45 bits per heavy atom. The van der Waals surface area contributed by atoms with Crippen molar-refractivity contribution in [3.05, 3.63) is 63.4 Å². The van der Waals surface area contributed by atoms with Crippen LogP contribution in [0.4, 0.5) is 0 Å². The third kappa shape index (κ3) is 2.75. The molecule has 0 radical (unpaired) electrons. The van der Waals surface area contributed by atoms with Crippen molar-refractivity contribution in [1.82, 2.24) is 4.98 Å². The third-order valence-corrected chi connectivity index (χ3v) is 3.77. The highest BCUT2D eigenvalue weighted by Gasteiger charge is 2.15. The second-order valence-corrected chi connectivity index (χ2v) is 5.83. The predicted molar refractivity (Wildman–Crippen MR) is 85.1 cm³/mol. The Morgan fingerprint density at radius 3 is 2.10 bits per heavy atom. The first-order valence-electron chi connectivity index (χ1n) is 5.82. The largest absolute Gasteiger partial charge is 0.427 e. The molecule has 0 bridgehead atoms. The lowest BCUT2D eigenvalue weighted by Crippen LogP contribution is -1.82. The number of halogens is 3. The van der Waals surface area contributed by atoms with Crippen LogP contribution in [0, 0.1) is 0 Å². The number of hydrogen-bond donors (Lipinski definition) is 0. The molecule has 0 fully saturated rings. The Balaban J connectivity index is 2.12. The molecule has 20 heavy (non-hydrogen) atoms. The number of oxazole rings is 1. The molecule has 0 unspecified atom stereocenters. The summed E-state index contributed by atoms with van der Waals surface area (Å²) < 4.78 is 6.53. The van der Waals surface area contributed by atoms with E-state index in [0.717, 1.165) is 15.6 Å². The zero-order valence-electron chi connectivity index (χ0n) is 10.1. The summed E-state index contributed by atoms with van der Waals surface area (Å²) in [4.78, 5) is 4.26. The summed E-state index contributed by atoms with van der Waals surface area (Å²) in [5, 5.41) is 0.789. The zero-order valence-corrected chi connectivity index (χ0v) is 13.2. The van der Waals surface area contributed by atoms with Crippen molar-refractivity contribution < 1.29 is 4.42 Å². The van der Waals surface area contributed by atoms with Crippen LogP contribution in [0.1, 0.15) is 0 Å². The first-order chi connectivity index (χ1) is 9.63. The van der Waals surface area contributed by atoms with Gasteiger partial charge in [-0.05, 0) is 48.0 Å². The van der Waals surface area contributed by atoms with Crippen LogP contribution in [0.15, 0.2) is 57.4 Å².